The molecule has 0 spiro atoms. The van der Waals surface area contributed by atoms with Crippen LogP contribution in [0.2, 0.25) is 0 Å². The summed E-state index contributed by atoms with van der Waals surface area (Å²) in [4.78, 5) is 0. The van der Waals surface area contributed by atoms with Crippen LogP contribution in [0.5, 0.6) is 5.75 Å². The average molecular weight is 201 g/mol. The molecule has 1 N–H and O–H groups in total. The Labute approximate surface area is 81.9 Å². The van der Waals surface area contributed by atoms with E-state index in [0.717, 1.165) is 6.92 Å². The molecule has 0 saturated heterocycles. The van der Waals surface area contributed by atoms with E-state index in [-0.39, 0.29) is 5.56 Å². The molecule has 0 aliphatic rings. The largest absolute Gasteiger partial charge is 0.497 e. The van der Waals surface area contributed by atoms with Gasteiger partial charge >= 0.3 is 0 Å². The smallest absolute Gasteiger partial charge is 0.270 e. The van der Waals surface area contributed by atoms with Gasteiger partial charge in [0.2, 0.25) is 0 Å². The van der Waals surface area contributed by atoms with Crippen molar-refractivity contribution in [2.75, 3.05) is 19.5 Å². The van der Waals surface area contributed by atoms with E-state index in [9.17, 15) is 8.78 Å². The lowest BCUT2D eigenvalue weighted by molar-refractivity contribution is 0.0173. The monoisotopic (exact) mass is 201 g/mol. The maximum atomic E-state index is 13.0. The quantitative estimate of drug-likeness (QED) is 0.811. The molecule has 1 aromatic carbocycles. The van der Waals surface area contributed by atoms with Gasteiger partial charge < -0.3 is 10.1 Å². The minimum atomic E-state index is -2.85. The van der Waals surface area contributed by atoms with Crippen molar-refractivity contribution in [3.05, 3.63) is 23.8 Å². The highest BCUT2D eigenvalue weighted by Crippen LogP contribution is 2.32. The summed E-state index contributed by atoms with van der Waals surface area (Å²) in [5.41, 5.74) is 0.557. The Hall–Kier alpha value is -1.32. The summed E-state index contributed by atoms with van der Waals surface area (Å²) in [6, 6.07) is 4.40. The first kappa shape index (κ1) is 10.8. The number of ether oxygens (including phenoxy) is 1. The number of hydrogen-bond donors (Lipinski definition) is 1. The van der Waals surface area contributed by atoms with Crippen molar-refractivity contribution in [3.8, 4) is 5.75 Å². The van der Waals surface area contributed by atoms with Crippen LogP contribution in [0.3, 0.4) is 0 Å². The molecule has 0 aromatic heterocycles. The van der Waals surface area contributed by atoms with E-state index in [4.69, 9.17) is 4.74 Å². The Morgan fingerprint density at radius 1 is 1.29 bits per heavy atom. The molecule has 0 saturated carbocycles. The summed E-state index contributed by atoms with van der Waals surface area (Å²) in [5.74, 6) is -2.42. The molecule has 0 amide bonds. The highest BCUT2D eigenvalue weighted by Gasteiger charge is 2.25. The van der Waals surface area contributed by atoms with E-state index >= 15 is 0 Å². The van der Waals surface area contributed by atoms with E-state index in [0.29, 0.717) is 11.4 Å². The molecule has 78 valence electrons. The molecule has 0 fully saturated rings. The van der Waals surface area contributed by atoms with Crippen molar-refractivity contribution in [3.63, 3.8) is 0 Å². The average Bonchev–Trinajstić information content (AvgIpc) is 2.15. The highest BCUT2D eigenvalue weighted by atomic mass is 19.3. The van der Waals surface area contributed by atoms with Crippen LogP contribution < -0.4 is 10.1 Å². The number of methoxy groups -OCH3 is 1. The lowest BCUT2D eigenvalue weighted by Crippen LogP contribution is -2.07. The van der Waals surface area contributed by atoms with Crippen LogP contribution in [0.25, 0.3) is 0 Å². The molecule has 0 aliphatic carbocycles. The molecule has 1 aromatic rings. The summed E-state index contributed by atoms with van der Waals surface area (Å²) in [7, 11) is 3.12. The second kappa shape index (κ2) is 3.82. The third kappa shape index (κ3) is 2.34. The Morgan fingerprint density at radius 3 is 2.36 bits per heavy atom. The van der Waals surface area contributed by atoms with Crippen molar-refractivity contribution >= 4 is 5.69 Å². The Kier molecular flexibility index (Phi) is 2.93. The predicted octanol–water partition coefficient (Wildman–Crippen LogP) is 2.85. The van der Waals surface area contributed by atoms with Crippen molar-refractivity contribution in [2.24, 2.45) is 0 Å². The lowest BCUT2D eigenvalue weighted by atomic mass is 10.1. The minimum Gasteiger partial charge on any atom is -0.497 e. The number of rotatable bonds is 3. The number of halogens is 2. The van der Waals surface area contributed by atoms with Gasteiger partial charge in [0.05, 0.1) is 7.11 Å². The predicted molar refractivity (Wildman–Crippen MR) is 52.1 cm³/mol. The normalized spacial score (nSPS) is 11.2. The van der Waals surface area contributed by atoms with Crippen molar-refractivity contribution in [1.29, 1.82) is 0 Å². The Balaban J connectivity index is 3.17. The van der Waals surface area contributed by atoms with Gasteiger partial charge in [0.1, 0.15) is 5.75 Å². The maximum Gasteiger partial charge on any atom is 0.270 e. The van der Waals surface area contributed by atoms with Crippen LogP contribution in [0, 0.1) is 0 Å². The van der Waals surface area contributed by atoms with Crippen molar-refractivity contribution in [2.45, 2.75) is 12.8 Å². The number of nitrogens with one attached hydrogen (secondary N) is 1. The fourth-order valence-corrected chi connectivity index (χ4v) is 1.11. The van der Waals surface area contributed by atoms with Gasteiger partial charge in [0.15, 0.2) is 0 Å². The van der Waals surface area contributed by atoms with Gasteiger partial charge in [0.25, 0.3) is 5.92 Å². The Bertz CT molecular complexity index is 298. The number of anilines is 1. The minimum absolute atomic E-state index is 0.0544. The fourth-order valence-electron chi connectivity index (χ4n) is 1.11. The molecule has 0 heterocycles. The molecule has 4 heteroatoms. The second-order valence-electron chi connectivity index (χ2n) is 3.09. The van der Waals surface area contributed by atoms with Crippen LogP contribution in [-0.4, -0.2) is 14.2 Å². The molecule has 0 radical (unpaired) electrons. The topological polar surface area (TPSA) is 21.3 Å². The zero-order chi connectivity index (χ0) is 10.8. The second-order valence-corrected chi connectivity index (χ2v) is 3.09. The molecule has 0 atom stereocenters. The molecule has 14 heavy (non-hydrogen) atoms. The molecule has 2 nitrogen and oxygen atoms in total. The van der Waals surface area contributed by atoms with Gasteiger partial charge in [-0.05, 0) is 12.1 Å². The van der Waals surface area contributed by atoms with Gasteiger partial charge in [-0.2, -0.15) is 0 Å². The fraction of sp³-hybridized carbons (Fsp3) is 0.400. The molecule has 0 bridgehead atoms. The third-order valence-corrected chi connectivity index (χ3v) is 1.94. The van der Waals surface area contributed by atoms with E-state index < -0.39 is 5.92 Å². The van der Waals surface area contributed by atoms with Crippen LogP contribution >= 0.6 is 0 Å². The first-order chi connectivity index (χ1) is 6.47. The zero-order valence-corrected chi connectivity index (χ0v) is 8.40. The summed E-state index contributed by atoms with van der Waals surface area (Å²) in [5, 5.41) is 2.80. The van der Waals surface area contributed by atoms with Crippen LogP contribution in [0.1, 0.15) is 12.5 Å². The summed E-state index contributed by atoms with van der Waals surface area (Å²) < 4.78 is 30.9. The van der Waals surface area contributed by atoms with Gasteiger partial charge in [-0.15, -0.1) is 0 Å². The van der Waals surface area contributed by atoms with Crippen molar-refractivity contribution < 1.29 is 13.5 Å². The SMILES string of the molecule is CNc1cc(OC)cc(C(C)(F)F)c1. The zero-order valence-electron chi connectivity index (χ0n) is 8.40. The van der Waals surface area contributed by atoms with Crippen LogP contribution in [0.4, 0.5) is 14.5 Å². The number of benzene rings is 1. The van der Waals surface area contributed by atoms with Gasteiger partial charge in [0, 0.05) is 31.3 Å². The summed E-state index contributed by atoms with van der Waals surface area (Å²) in [6.45, 7) is 0.862. The standard InChI is InChI=1S/C10H13F2NO/c1-10(11,12)7-4-8(13-2)6-9(5-7)14-3/h4-6,13H,1-3H3. The first-order valence-electron chi connectivity index (χ1n) is 4.22. The van der Waals surface area contributed by atoms with Crippen LogP contribution in [-0.2, 0) is 5.92 Å². The molecular formula is C10H13F2NO. The van der Waals surface area contributed by atoms with Gasteiger partial charge in [-0.25, -0.2) is 8.78 Å². The van der Waals surface area contributed by atoms with Gasteiger partial charge in [-0.3, -0.25) is 0 Å². The molecule has 0 unspecified atom stereocenters. The third-order valence-electron chi connectivity index (χ3n) is 1.94. The van der Waals surface area contributed by atoms with Crippen molar-refractivity contribution in [1.82, 2.24) is 0 Å². The lowest BCUT2D eigenvalue weighted by Gasteiger charge is -2.13. The molecule has 1 rings (SSSR count). The first-order valence-corrected chi connectivity index (χ1v) is 4.22. The molecular weight excluding hydrogens is 188 g/mol. The number of alkyl halides is 2. The maximum absolute atomic E-state index is 13.0. The van der Waals surface area contributed by atoms with E-state index in [1.807, 2.05) is 0 Å². The summed E-state index contributed by atoms with van der Waals surface area (Å²) in [6.07, 6.45) is 0. The van der Waals surface area contributed by atoms with E-state index in [1.165, 1.54) is 19.2 Å². The summed E-state index contributed by atoms with van der Waals surface area (Å²) >= 11 is 0. The van der Waals surface area contributed by atoms with Gasteiger partial charge in [-0.1, -0.05) is 0 Å². The highest BCUT2D eigenvalue weighted by molar-refractivity contribution is 5.51. The van der Waals surface area contributed by atoms with Crippen LogP contribution in [0.15, 0.2) is 18.2 Å². The number of hydrogen-bond acceptors (Lipinski definition) is 2. The molecule has 0 aliphatic heterocycles. The van der Waals surface area contributed by atoms with E-state index in [1.54, 1.807) is 13.1 Å². The van der Waals surface area contributed by atoms with E-state index in [2.05, 4.69) is 5.32 Å². The Morgan fingerprint density at radius 2 is 1.93 bits per heavy atom.